The number of nitrogens with two attached hydrogens (primary N) is 1. The Morgan fingerprint density at radius 3 is 2.71 bits per heavy atom. The van der Waals surface area contributed by atoms with E-state index in [1.807, 2.05) is 11.3 Å². The van der Waals surface area contributed by atoms with Crippen LogP contribution in [-0.4, -0.2) is 11.5 Å². The summed E-state index contributed by atoms with van der Waals surface area (Å²) in [6, 6.07) is 2.16. The van der Waals surface area contributed by atoms with Crippen molar-refractivity contribution < 1.29 is 0 Å². The van der Waals surface area contributed by atoms with Crippen molar-refractivity contribution in [3.05, 3.63) is 27.6 Å². The molecular weight excluding hydrogens is 248 g/mol. The third kappa shape index (κ3) is 1.75. The van der Waals surface area contributed by atoms with Gasteiger partial charge in [0.15, 0.2) is 0 Å². The molecule has 17 heavy (non-hydrogen) atoms. The Kier molecular flexibility index (Phi) is 2.61. The van der Waals surface area contributed by atoms with E-state index >= 15 is 0 Å². The van der Waals surface area contributed by atoms with Gasteiger partial charge in [0.1, 0.15) is 5.01 Å². The molecule has 90 valence electrons. The normalized spacial score (nSPS) is 17.4. The molecule has 2 aromatic rings. The number of nitrogens with zero attached hydrogens (tertiary/aromatic N) is 1. The van der Waals surface area contributed by atoms with E-state index in [2.05, 4.69) is 25.3 Å². The second kappa shape index (κ2) is 3.90. The fourth-order valence-corrected chi connectivity index (χ4v) is 4.66. The monoisotopic (exact) mass is 264 g/mol. The third-order valence-corrected chi connectivity index (χ3v) is 6.15. The van der Waals surface area contributed by atoms with Crippen LogP contribution in [0.3, 0.4) is 0 Å². The van der Waals surface area contributed by atoms with Crippen molar-refractivity contribution in [1.82, 2.24) is 4.98 Å². The Labute approximate surface area is 110 Å². The van der Waals surface area contributed by atoms with Crippen LogP contribution in [-0.2, 0) is 5.41 Å². The Morgan fingerprint density at radius 2 is 2.18 bits per heavy atom. The van der Waals surface area contributed by atoms with Crippen LogP contribution in [0.5, 0.6) is 0 Å². The first-order valence-corrected chi connectivity index (χ1v) is 7.58. The molecule has 0 amide bonds. The molecule has 1 saturated carbocycles. The Bertz CT molecular complexity index is 550. The topological polar surface area (TPSA) is 38.9 Å². The van der Waals surface area contributed by atoms with Gasteiger partial charge in [-0.1, -0.05) is 0 Å². The summed E-state index contributed by atoms with van der Waals surface area (Å²) in [5.41, 5.74) is 8.69. The standard InChI is InChI=1S/C13H16N2S2/c1-8-3-6-16-10(8)12-15-9(2)11(17-12)13(7-14)4-5-13/h3,6H,4-5,7,14H2,1-2H3. The minimum absolute atomic E-state index is 0.269. The number of thiophene rings is 1. The molecule has 0 spiro atoms. The van der Waals surface area contributed by atoms with E-state index in [1.165, 1.54) is 38.9 Å². The molecule has 2 aromatic heterocycles. The molecular formula is C13H16N2S2. The molecule has 2 nitrogen and oxygen atoms in total. The zero-order valence-electron chi connectivity index (χ0n) is 10.1. The van der Waals surface area contributed by atoms with Crippen molar-refractivity contribution in [2.45, 2.75) is 32.1 Å². The van der Waals surface area contributed by atoms with E-state index in [9.17, 15) is 0 Å². The number of hydrogen-bond acceptors (Lipinski definition) is 4. The highest BCUT2D eigenvalue weighted by Crippen LogP contribution is 2.51. The van der Waals surface area contributed by atoms with E-state index in [0.717, 1.165) is 6.54 Å². The maximum atomic E-state index is 5.91. The average molecular weight is 264 g/mol. The van der Waals surface area contributed by atoms with Gasteiger partial charge in [0.05, 0.1) is 10.6 Å². The number of hydrogen-bond donors (Lipinski definition) is 1. The van der Waals surface area contributed by atoms with Crippen molar-refractivity contribution in [1.29, 1.82) is 0 Å². The summed E-state index contributed by atoms with van der Waals surface area (Å²) >= 11 is 3.62. The largest absolute Gasteiger partial charge is 0.330 e. The van der Waals surface area contributed by atoms with Crippen molar-refractivity contribution in [3.8, 4) is 9.88 Å². The lowest BCUT2D eigenvalue weighted by molar-refractivity contribution is 0.712. The first-order chi connectivity index (χ1) is 8.16. The highest BCUT2D eigenvalue weighted by atomic mass is 32.1. The van der Waals surface area contributed by atoms with Gasteiger partial charge in [-0.2, -0.15) is 0 Å². The second-order valence-electron chi connectivity index (χ2n) is 4.85. The van der Waals surface area contributed by atoms with E-state index in [4.69, 9.17) is 10.7 Å². The summed E-state index contributed by atoms with van der Waals surface area (Å²) in [7, 11) is 0. The van der Waals surface area contributed by atoms with Crippen LogP contribution in [0.15, 0.2) is 11.4 Å². The van der Waals surface area contributed by atoms with E-state index in [1.54, 1.807) is 11.3 Å². The van der Waals surface area contributed by atoms with Crippen LogP contribution < -0.4 is 5.73 Å². The zero-order chi connectivity index (χ0) is 12.0. The molecule has 0 saturated heterocycles. The Hall–Kier alpha value is -0.710. The third-order valence-electron chi connectivity index (χ3n) is 3.58. The van der Waals surface area contributed by atoms with Crippen molar-refractivity contribution in [3.63, 3.8) is 0 Å². The summed E-state index contributed by atoms with van der Waals surface area (Å²) in [6.45, 7) is 5.03. The van der Waals surface area contributed by atoms with Gasteiger partial charge in [0.2, 0.25) is 0 Å². The van der Waals surface area contributed by atoms with E-state index < -0.39 is 0 Å². The number of aryl methyl sites for hydroxylation is 2. The predicted octanol–water partition coefficient (Wildman–Crippen LogP) is 3.48. The molecule has 1 aliphatic carbocycles. The molecule has 0 aromatic carbocycles. The van der Waals surface area contributed by atoms with Crippen molar-refractivity contribution >= 4 is 22.7 Å². The summed E-state index contributed by atoms with van der Waals surface area (Å²) in [4.78, 5) is 7.48. The lowest BCUT2D eigenvalue weighted by atomic mass is 10.0. The average Bonchev–Trinajstić information content (AvgIpc) is 2.85. The molecule has 1 aliphatic rings. The molecule has 1 fully saturated rings. The van der Waals surface area contributed by atoms with Gasteiger partial charge in [-0.25, -0.2) is 4.98 Å². The maximum Gasteiger partial charge on any atom is 0.134 e. The smallest absolute Gasteiger partial charge is 0.134 e. The van der Waals surface area contributed by atoms with Crippen molar-refractivity contribution in [2.75, 3.05) is 6.54 Å². The fraction of sp³-hybridized carbons (Fsp3) is 0.462. The summed E-state index contributed by atoms with van der Waals surface area (Å²) < 4.78 is 0. The van der Waals surface area contributed by atoms with Gasteiger partial charge < -0.3 is 5.73 Å². The quantitative estimate of drug-likeness (QED) is 0.922. The first kappa shape index (κ1) is 11.4. The number of aromatic nitrogens is 1. The van der Waals surface area contributed by atoms with Crippen LogP contribution in [0.4, 0.5) is 0 Å². The number of thiazole rings is 1. The van der Waals surface area contributed by atoms with Gasteiger partial charge in [-0.05, 0) is 43.7 Å². The zero-order valence-corrected chi connectivity index (χ0v) is 11.8. The molecule has 0 bridgehead atoms. The van der Waals surface area contributed by atoms with Gasteiger partial charge in [0, 0.05) is 16.8 Å². The summed E-state index contributed by atoms with van der Waals surface area (Å²) in [5.74, 6) is 0. The maximum absolute atomic E-state index is 5.91. The van der Waals surface area contributed by atoms with Crippen LogP contribution >= 0.6 is 22.7 Å². The minimum Gasteiger partial charge on any atom is -0.330 e. The van der Waals surface area contributed by atoms with Crippen LogP contribution in [0, 0.1) is 13.8 Å². The summed E-state index contributed by atoms with van der Waals surface area (Å²) in [6.07, 6.45) is 2.46. The van der Waals surface area contributed by atoms with Gasteiger partial charge in [-0.15, -0.1) is 22.7 Å². The van der Waals surface area contributed by atoms with Gasteiger partial charge in [0.25, 0.3) is 0 Å². The van der Waals surface area contributed by atoms with Crippen LogP contribution in [0.25, 0.3) is 9.88 Å². The van der Waals surface area contributed by atoms with Crippen LogP contribution in [0.2, 0.25) is 0 Å². The molecule has 3 rings (SSSR count). The molecule has 2 N–H and O–H groups in total. The van der Waals surface area contributed by atoms with Gasteiger partial charge >= 0.3 is 0 Å². The molecule has 4 heteroatoms. The Morgan fingerprint density at radius 1 is 1.41 bits per heavy atom. The highest BCUT2D eigenvalue weighted by molar-refractivity contribution is 7.21. The molecule has 0 unspecified atom stereocenters. The molecule has 0 aliphatic heterocycles. The summed E-state index contributed by atoms with van der Waals surface area (Å²) in [5, 5.41) is 3.31. The lowest BCUT2D eigenvalue weighted by Crippen LogP contribution is -2.19. The van der Waals surface area contributed by atoms with Gasteiger partial charge in [-0.3, -0.25) is 0 Å². The highest BCUT2D eigenvalue weighted by Gasteiger charge is 2.45. The Balaban J connectivity index is 2.05. The first-order valence-electron chi connectivity index (χ1n) is 5.89. The predicted molar refractivity (Wildman–Crippen MR) is 74.9 cm³/mol. The SMILES string of the molecule is Cc1ccsc1-c1nc(C)c(C2(CN)CC2)s1. The van der Waals surface area contributed by atoms with Crippen molar-refractivity contribution in [2.24, 2.45) is 5.73 Å². The second-order valence-corrected chi connectivity index (χ2v) is 6.77. The van der Waals surface area contributed by atoms with Crippen LogP contribution in [0.1, 0.15) is 29.0 Å². The molecule has 0 radical (unpaired) electrons. The van der Waals surface area contributed by atoms with E-state index in [0.29, 0.717) is 0 Å². The number of rotatable bonds is 3. The molecule has 0 atom stereocenters. The lowest BCUT2D eigenvalue weighted by Gasteiger charge is -2.09. The molecule has 2 heterocycles. The van der Waals surface area contributed by atoms with E-state index in [-0.39, 0.29) is 5.41 Å². The minimum atomic E-state index is 0.269. The fourth-order valence-electron chi connectivity index (χ4n) is 2.25.